The number of hydrogen-bond acceptors (Lipinski definition) is 4. The minimum atomic E-state index is -3.06. The zero-order chi connectivity index (χ0) is 27.0. The number of rotatable bonds is 12. The molecule has 0 atom stereocenters. The van der Waals surface area contributed by atoms with E-state index < -0.39 is 5.96 Å². The molecule has 0 radical (unpaired) electrons. The van der Waals surface area contributed by atoms with Crippen molar-refractivity contribution >= 4 is 39.9 Å². The van der Waals surface area contributed by atoms with Crippen molar-refractivity contribution in [2.45, 2.75) is 27.7 Å². The van der Waals surface area contributed by atoms with Gasteiger partial charge in [0.05, 0.1) is 0 Å². The van der Waals surface area contributed by atoms with E-state index in [0.29, 0.717) is 25.1 Å². The van der Waals surface area contributed by atoms with Crippen LogP contribution in [0.3, 0.4) is 0 Å². The van der Waals surface area contributed by atoms with Gasteiger partial charge in [-0.05, 0) is 0 Å². The molecule has 0 aliphatic carbocycles. The molecule has 4 rings (SSSR count). The summed E-state index contributed by atoms with van der Waals surface area (Å²) >= 11 is 8.00. The van der Waals surface area contributed by atoms with Gasteiger partial charge in [-0.25, -0.2) is 0 Å². The van der Waals surface area contributed by atoms with Crippen LogP contribution in [0.4, 0.5) is 22.7 Å². The molecular weight excluding hydrogens is 507 g/mol. The molecule has 0 saturated heterocycles. The summed E-state index contributed by atoms with van der Waals surface area (Å²) < 4.78 is 0. The summed E-state index contributed by atoms with van der Waals surface area (Å²) in [4.78, 5) is 0. The standard InChI is InChI=1S/C32H40ClN4P/c1-25-5-13-29(14-6-25)34-21-38(33,22-35-30-15-7-26(2)8-16-30,23-36-31-17-9-27(3)10-18-31)24-37-32-19-11-28(4)12-20-32/h5-20,34-37H,21-24H2,1-4H3. The van der Waals surface area contributed by atoms with Crippen LogP contribution in [0.25, 0.3) is 0 Å². The van der Waals surface area contributed by atoms with E-state index in [-0.39, 0.29) is 0 Å². The molecule has 0 amide bonds. The molecule has 200 valence electrons. The van der Waals surface area contributed by atoms with Crippen LogP contribution >= 0.6 is 17.2 Å². The van der Waals surface area contributed by atoms with Crippen molar-refractivity contribution in [1.82, 2.24) is 0 Å². The minimum absolute atomic E-state index is 0.660. The van der Waals surface area contributed by atoms with E-state index in [2.05, 4.69) is 146 Å². The molecule has 4 aromatic carbocycles. The Bertz CT molecular complexity index is 1090. The number of hydrogen-bond donors (Lipinski definition) is 4. The Labute approximate surface area is 232 Å². The summed E-state index contributed by atoms with van der Waals surface area (Å²) in [5.74, 6) is -3.06. The van der Waals surface area contributed by atoms with E-state index in [4.69, 9.17) is 11.2 Å². The molecule has 0 bridgehead atoms. The van der Waals surface area contributed by atoms with Crippen LogP contribution in [-0.2, 0) is 0 Å². The fraction of sp³-hybridized carbons (Fsp3) is 0.250. The molecule has 0 aliphatic rings. The second-order valence-corrected chi connectivity index (χ2v) is 18.4. The molecule has 6 heteroatoms. The monoisotopic (exact) mass is 546 g/mol. The van der Waals surface area contributed by atoms with E-state index in [1.807, 2.05) is 0 Å². The molecule has 38 heavy (non-hydrogen) atoms. The summed E-state index contributed by atoms with van der Waals surface area (Å²) in [6, 6.07) is 34.1. The number of nitrogens with one attached hydrogen (secondary N) is 4. The van der Waals surface area contributed by atoms with Gasteiger partial charge >= 0.3 is 233 Å². The average Bonchev–Trinajstić information content (AvgIpc) is 2.92. The predicted molar refractivity (Wildman–Crippen MR) is 171 cm³/mol. The average molecular weight is 547 g/mol. The van der Waals surface area contributed by atoms with Crippen molar-refractivity contribution in [1.29, 1.82) is 0 Å². The van der Waals surface area contributed by atoms with Crippen LogP contribution in [-0.4, -0.2) is 25.1 Å². The van der Waals surface area contributed by atoms with Crippen LogP contribution < -0.4 is 21.3 Å². The normalized spacial score (nSPS) is 12.3. The first kappa shape index (κ1) is 27.8. The van der Waals surface area contributed by atoms with Crippen LogP contribution in [0, 0.1) is 27.7 Å². The van der Waals surface area contributed by atoms with Crippen molar-refractivity contribution < 1.29 is 0 Å². The zero-order valence-electron chi connectivity index (χ0n) is 22.9. The molecule has 0 aromatic heterocycles. The first-order valence-electron chi connectivity index (χ1n) is 13.1. The van der Waals surface area contributed by atoms with Gasteiger partial charge in [0.1, 0.15) is 0 Å². The van der Waals surface area contributed by atoms with Crippen molar-refractivity contribution in [3.8, 4) is 0 Å². The summed E-state index contributed by atoms with van der Waals surface area (Å²) in [6.45, 7) is 8.42. The number of benzene rings is 4. The van der Waals surface area contributed by atoms with Gasteiger partial charge < -0.3 is 0 Å². The predicted octanol–water partition coefficient (Wildman–Crippen LogP) is 9.21. The Balaban J connectivity index is 1.64. The van der Waals surface area contributed by atoms with E-state index in [0.717, 1.165) is 22.7 Å². The summed E-state index contributed by atoms with van der Waals surface area (Å²) in [7, 11) is 0. The summed E-state index contributed by atoms with van der Waals surface area (Å²) in [6.07, 6.45) is 2.64. The summed E-state index contributed by atoms with van der Waals surface area (Å²) in [5, 5.41) is 14.8. The Kier molecular flexibility index (Phi) is 8.87. The van der Waals surface area contributed by atoms with Crippen molar-refractivity contribution in [3.05, 3.63) is 119 Å². The Morgan fingerprint density at radius 1 is 0.395 bits per heavy atom. The third-order valence-electron chi connectivity index (χ3n) is 6.92. The van der Waals surface area contributed by atoms with Crippen LogP contribution in [0.1, 0.15) is 22.3 Å². The van der Waals surface area contributed by atoms with Gasteiger partial charge in [-0.15, -0.1) is 0 Å². The fourth-order valence-corrected chi connectivity index (χ4v) is 7.88. The molecular formula is C32H40ClN4P. The number of halogens is 1. The second-order valence-electron chi connectivity index (χ2n) is 10.6. The molecule has 0 fully saturated rings. The molecule has 0 unspecified atom stereocenters. The molecule has 4 aromatic rings. The van der Waals surface area contributed by atoms with Crippen molar-refractivity contribution in [2.24, 2.45) is 0 Å². The van der Waals surface area contributed by atoms with E-state index in [9.17, 15) is 0 Å². The van der Waals surface area contributed by atoms with Crippen LogP contribution in [0.5, 0.6) is 0 Å². The number of anilines is 4. The van der Waals surface area contributed by atoms with Gasteiger partial charge in [0.25, 0.3) is 0 Å². The molecule has 0 saturated carbocycles. The zero-order valence-corrected chi connectivity index (χ0v) is 24.5. The van der Waals surface area contributed by atoms with Crippen molar-refractivity contribution in [3.63, 3.8) is 0 Å². The van der Waals surface area contributed by atoms with Crippen molar-refractivity contribution in [2.75, 3.05) is 46.4 Å². The molecule has 4 nitrogen and oxygen atoms in total. The summed E-state index contributed by atoms with van der Waals surface area (Å²) in [5.41, 5.74) is 9.25. The van der Waals surface area contributed by atoms with Gasteiger partial charge in [0.2, 0.25) is 0 Å². The first-order valence-corrected chi connectivity index (χ1v) is 17.0. The fourth-order valence-electron chi connectivity index (χ4n) is 4.18. The third kappa shape index (κ3) is 7.90. The van der Waals surface area contributed by atoms with E-state index in [1.54, 1.807) is 0 Å². The maximum atomic E-state index is 8.00. The Morgan fingerprint density at radius 3 is 0.763 bits per heavy atom. The van der Waals surface area contributed by atoms with Crippen LogP contribution in [0.15, 0.2) is 97.1 Å². The molecule has 0 spiro atoms. The molecule has 0 heterocycles. The molecule has 0 aliphatic heterocycles. The Morgan fingerprint density at radius 2 is 0.579 bits per heavy atom. The van der Waals surface area contributed by atoms with E-state index >= 15 is 0 Å². The first-order chi connectivity index (χ1) is 18.2. The quantitative estimate of drug-likeness (QED) is 0.134. The van der Waals surface area contributed by atoms with Gasteiger partial charge in [-0.1, -0.05) is 0 Å². The van der Waals surface area contributed by atoms with E-state index in [1.165, 1.54) is 22.3 Å². The number of aryl methyl sites for hydroxylation is 4. The second kappa shape index (κ2) is 12.1. The van der Waals surface area contributed by atoms with Gasteiger partial charge in [-0.3, -0.25) is 0 Å². The topological polar surface area (TPSA) is 48.1 Å². The van der Waals surface area contributed by atoms with Gasteiger partial charge in [0, 0.05) is 0 Å². The Hall–Kier alpha value is -3.20. The third-order valence-corrected chi connectivity index (χ3v) is 12.1. The molecule has 4 N–H and O–H groups in total. The van der Waals surface area contributed by atoms with Crippen LogP contribution in [0.2, 0.25) is 0 Å². The van der Waals surface area contributed by atoms with Gasteiger partial charge in [0.15, 0.2) is 0 Å². The maximum absolute atomic E-state index is 8.00. The van der Waals surface area contributed by atoms with Gasteiger partial charge in [-0.2, -0.15) is 0 Å². The SMILES string of the molecule is Cc1ccc(NCP(Cl)(CNc2ccc(C)cc2)(CNc2ccc(C)cc2)CNc2ccc(C)cc2)cc1.